The Morgan fingerprint density at radius 2 is 2.19 bits per heavy atom. The van der Waals surface area contributed by atoms with Gasteiger partial charge in [-0.05, 0) is 49.7 Å². The Morgan fingerprint density at radius 1 is 1.34 bits per heavy atom. The predicted octanol–water partition coefficient (Wildman–Crippen LogP) is 2.36. The molecule has 1 aromatic carbocycles. The summed E-state index contributed by atoms with van der Waals surface area (Å²) in [5.74, 6) is 1.14. The van der Waals surface area contributed by atoms with Crippen LogP contribution in [0.2, 0.25) is 0 Å². The van der Waals surface area contributed by atoms with E-state index >= 15 is 0 Å². The quantitative estimate of drug-likeness (QED) is 0.406. The van der Waals surface area contributed by atoms with Gasteiger partial charge in [-0.25, -0.2) is 9.37 Å². The van der Waals surface area contributed by atoms with Crippen molar-refractivity contribution in [1.29, 1.82) is 0 Å². The molecule has 0 bridgehead atoms. The Morgan fingerprint density at radius 3 is 2.88 bits per heavy atom. The van der Waals surface area contributed by atoms with E-state index in [1.54, 1.807) is 25.4 Å². The number of guanidine groups is 1. The van der Waals surface area contributed by atoms with Crippen molar-refractivity contribution in [3.05, 3.63) is 47.9 Å². The number of aryl methyl sites for hydroxylation is 1. The van der Waals surface area contributed by atoms with E-state index in [1.807, 2.05) is 25.2 Å². The van der Waals surface area contributed by atoms with Crippen LogP contribution in [0.15, 0.2) is 46.7 Å². The van der Waals surface area contributed by atoms with Crippen molar-refractivity contribution in [1.82, 2.24) is 15.2 Å². The third kappa shape index (κ3) is 4.52. The number of hydrogen-bond donors (Lipinski definition) is 1. The topological polar surface area (TPSA) is 68.6 Å². The molecule has 1 N–H and O–H groups in total. The summed E-state index contributed by atoms with van der Waals surface area (Å²) in [5, 5.41) is 11.4. The van der Waals surface area contributed by atoms with E-state index in [-0.39, 0.29) is 5.82 Å². The number of ether oxygens (including phenoxy) is 1. The fourth-order valence-electron chi connectivity index (χ4n) is 4.36. The van der Waals surface area contributed by atoms with Gasteiger partial charge in [0.2, 0.25) is 11.8 Å². The van der Waals surface area contributed by atoms with Crippen molar-refractivity contribution < 1.29 is 9.13 Å². The summed E-state index contributed by atoms with van der Waals surface area (Å²) in [4.78, 5) is 11.0. The van der Waals surface area contributed by atoms with Gasteiger partial charge in [0.1, 0.15) is 5.82 Å². The lowest BCUT2D eigenvalue weighted by Gasteiger charge is -2.50. The lowest BCUT2D eigenvalue weighted by Crippen LogP contribution is -2.65. The lowest BCUT2D eigenvalue weighted by molar-refractivity contribution is 0.235. The van der Waals surface area contributed by atoms with Crippen molar-refractivity contribution in [2.24, 2.45) is 10.2 Å². The molecule has 0 atom stereocenters. The highest BCUT2D eigenvalue weighted by Crippen LogP contribution is 2.32. The lowest BCUT2D eigenvalue weighted by atomic mass is 9.97. The summed E-state index contributed by atoms with van der Waals surface area (Å²) in [6.45, 7) is 7.65. The molecule has 1 aromatic heterocycles. The van der Waals surface area contributed by atoms with E-state index in [1.165, 1.54) is 0 Å². The van der Waals surface area contributed by atoms with E-state index < -0.39 is 0 Å². The van der Waals surface area contributed by atoms with Crippen LogP contribution in [0, 0.1) is 5.82 Å². The second-order valence-electron chi connectivity index (χ2n) is 7.98. The van der Waals surface area contributed by atoms with Crippen molar-refractivity contribution in [2.75, 3.05) is 56.7 Å². The molecule has 32 heavy (non-hydrogen) atoms. The zero-order valence-electron chi connectivity index (χ0n) is 18.7. The summed E-state index contributed by atoms with van der Waals surface area (Å²) >= 11 is 0. The van der Waals surface area contributed by atoms with Crippen LogP contribution in [0.1, 0.15) is 12.0 Å². The van der Waals surface area contributed by atoms with Gasteiger partial charge in [0, 0.05) is 51.2 Å². The normalized spacial score (nSPS) is 16.4. The minimum atomic E-state index is -0.166. The molecule has 2 aromatic rings. The van der Waals surface area contributed by atoms with Gasteiger partial charge in [-0.3, -0.25) is 0 Å². The van der Waals surface area contributed by atoms with Crippen LogP contribution >= 0.6 is 0 Å². The summed E-state index contributed by atoms with van der Waals surface area (Å²) in [6, 6.07) is 9.28. The SMILES string of the molecule is C=N/N=C(/N1CC(N2CCCc3cc(F)ccc32)C1)N(CCNC)c1ccc(OC)nc1. The molecule has 170 valence electrons. The highest BCUT2D eigenvalue weighted by atomic mass is 19.1. The van der Waals surface area contributed by atoms with Crippen LogP contribution in [0.3, 0.4) is 0 Å². The number of likely N-dealkylation sites (N-methyl/N-ethyl adjacent to an activating group) is 1. The predicted molar refractivity (Wildman–Crippen MR) is 126 cm³/mol. The molecule has 2 aliphatic rings. The molecule has 0 spiro atoms. The first-order valence-electron chi connectivity index (χ1n) is 10.9. The molecule has 0 radical (unpaired) electrons. The fraction of sp³-hybridized carbons (Fsp3) is 0.435. The number of rotatable bonds is 7. The Kier molecular flexibility index (Phi) is 6.84. The Balaban J connectivity index is 1.52. The standard InChI is InChI=1S/C23H30FN7O/c1-25-10-12-31(19-7-9-22(32-3)27-14-19)23(28-26-2)29-15-20(16-29)30-11-4-5-17-13-18(24)6-8-21(17)30/h6-9,13-14,20,25H,2,4-5,10-12,15-16H2,1,3H3/b28-23-. The van der Waals surface area contributed by atoms with E-state index in [2.05, 4.69) is 41.9 Å². The molecule has 0 amide bonds. The number of halogens is 1. The van der Waals surface area contributed by atoms with E-state index in [0.717, 1.165) is 61.9 Å². The van der Waals surface area contributed by atoms with Crippen molar-refractivity contribution >= 4 is 24.1 Å². The molecule has 3 heterocycles. The van der Waals surface area contributed by atoms with E-state index in [4.69, 9.17) is 4.74 Å². The summed E-state index contributed by atoms with van der Waals surface area (Å²) in [7, 11) is 3.52. The number of pyridine rings is 1. The summed E-state index contributed by atoms with van der Waals surface area (Å²) in [6.07, 6.45) is 3.74. The molecule has 0 aliphatic carbocycles. The van der Waals surface area contributed by atoms with E-state index in [9.17, 15) is 4.39 Å². The van der Waals surface area contributed by atoms with Crippen molar-refractivity contribution in [2.45, 2.75) is 18.9 Å². The number of nitrogens with one attached hydrogen (secondary N) is 1. The van der Waals surface area contributed by atoms with Crippen molar-refractivity contribution in [3.8, 4) is 5.88 Å². The maximum absolute atomic E-state index is 13.7. The largest absolute Gasteiger partial charge is 0.481 e. The van der Waals surface area contributed by atoms with Gasteiger partial charge >= 0.3 is 0 Å². The van der Waals surface area contributed by atoms with Crippen molar-refractivity contribution in [3.63, 3.8) is 0 Å². The molecule has 0 unspecified atom stereocenters. The minimum absolute atomic E-state index is 0.166. The molecule has 4 rings (SSSR count). The van der Waals surface area contributed by atoms with Gasteiger partial charge in [0.15, 0.2) is 0 Å². The van der Waals surface area contributed by atoms with Crippen LogP contribution in [0.5, 0.6) is 5.88 Å². The van der Waals surface area contributed by atoms with Gasteiger partial charge in [-0.2, -0.15) is 5.10 Å². The first kappa shape index (κ1) is 22.0. The first-order valence-corrected chi connectivity index (χ1v) is 10.9. The average Bonchev–Trinajstić information content (AvgIpc) is 2.78. The van der Waals surface area contributed by atoms with Gasteiger partial charge in [0.25, 0.3) is 0 Å². The molecule has 1 fully saturated rings. The molecule has 8 nitrogen and oxygen atoms in total. The number of nitrogens with zero attached hydrogens (tertiary/aromatic N) is 6. The number of aromatic nitrogens is 1. The van der Waals surface area contributed by atoms with Crippen LogP contribution in [-0.2, 0) is 6.42 Å². The second-order valence-corrected chi connectivity index (χ2v) is 7.98. The zero-order chi connectivity index (χ0) is 22.5. The molecular weight excluding hydrogens is 409 g/mol. The fourth-order valence-corrected chi connectivity index (χ4v) is 4.36. The molecule has 2 aliphatic heterocycles. The zero-order valence-corrected chi connectivity index (χ0v) is 18.7. The number of fused-ring (bicyclic) bond motifs is 1. The van der Waals surface area contributed by atoms with Gasteiger partial charge < -0.3 is 24.8 Å². The maximum atomic E-state index is 13.7. The molecular formula is C23H30FN7O. The van der Waals surface area contributed by atoms with Crippen LogP contribution in [-0.4, -0.2) is 75.5 Å². The number of likely N-dealkylation sites (tertiary alicyclic amines) is 1. The molecule has 0 saturated carbocycles. The van der Waals surface area contributed by atoms with Crippen LogP contribution in [0.4, 0.5) is 15.8 Å². The Labute approximate surface area is 188 Å². The maximum Gasteiger partial charge on any atom is 0.226 e. The second kappa shape index (κ2) is 9.95. The van der Waals surface area contributed by atoms with Crippen LogP contribution < -0.4 is 19.9 Å². The third-order valence-corrected chi connectivity index (χ3v) is 6.01. The average molecular weight is 440 g/mol. The van der Waals surface area contributed by atoms with E-state index in [0.29, 0.717) is 18.5 Å². The third-order valence-electron chi connectivity index (χ3n) is 6.01. The monoisotopic (exact) mass is 439 g/mol. The smallest absolute Gasteiger partial charge is 0.226 e. The van der Waals surface area contributed by atoms with Gasteiger partial charge in [-0.1, -0.05) is 0 Å². The summed E-state index contributed by atoms with van der Waals surface area (Å²) in [5.41, 5.74) is 3.15. The van der Waals surface area contributed by atoms with Gasteiger partial charge in [0.05, 0.1) is 25.0 Å². The minimum Gasteiger partial charge on any atom is -0.481 e. The van der Waals surface area contributed by atoms with Crippen LogP contribution in [0.25, 0.3) is 0 Å². The number of anilines is 2. The Hall–Kier alpha value is -3.20. The number of benzene rings is 1. The first-order chi connectivity index (χ1) is 15.6. The van der Waals surface area contributed by atoms with Gasteiger partial charge in [-0.15, -0.1) is 5.10 Å². The summed E-state index contributed by atoms with van der Waals surface area (Å²) < 4.78 is 18.9. The highest BCUT2D eigenvalue weighted by molar-refractivity contribution is 5.96. The number of methoxy groups -OCH3 is 1. The molecule has 1 saturated heterocycles. The highest BCUT2D eigenvalue weighted by Gasteiger charge is 2.37. The Bertz CT molecular complexity index is 959. The molecule has 9 heteroatoms. The number of hydrogen-bond acceptors (Lipinski definition) is 6.